The molecule has 0 aromatic heterocycles. The summed E-state index contributed by atoms with van der Waals surface area (Å²) in [6.45, 7) is 4.45. The molecule has 0 unspecified atom stereocenters. The van der Waals surface area contributed by atoms with E-state index in [0.29, 0.717) is 18.0 Å². The zero-order valence-electron chi connectivity index (χ0n) is 12.6. The summed E-state index contributed by atoms with van der Waals surface area (Å²) in [6.07, 6.45) is 0. The second-order valence-electron chi connectivity index (χ2n) is 4.70. The van der Waals surface area contributed by atoms with Crippen LogP contribution in [-0.2, 0) is 4.79 Å². The summed E-state index contributed by atoms with van der Waals surface area (Å²) in [4.78, 5) is 11.9. The Kier molecular flexibility index (Phi) is 5.83. The molecular formula is C17H18BrNO3. The molecule has 0 heterocycles. The van der Waals surface area contributed by atoms with Gasteiger partial charge in [-0.15, -0.1) is 0 Å². The van der Waals surface area contributed by atoms with Crippen LogP contribution in [0.2, 0.25) is 0 Å². The van der Waals surface area contributed by atoms with Crippen molar-refractivity contribution in [2.75, 3.05) is 18.5 Å². The van der Waals surface area contributed by atoms with Gasteiger partial charge in [0.1, 0.15) is 11.5 Å². The van der Waals surface area contributed by atoms with Crippen LogP contribution in [0.25, 0.3) is 0 Å². The second kappa shape index (κ2) is 7.84. The molecule has 0 fully saturated rings. The number of benzene rings is 2. The van der Waals surface area contributed by atoms with E-state index >= 15 is 0 Å². The number of halogens is 1. The first-order valence-electron chi connectivity index (χ1n) is 7.00. The standard InChI is InChI=1S/C17H18BrNO3/c1-3-21-15-7-5-14(6-8-15)19-17(20)11-22-16-9-4-13(18)10-12(16)2/h4-10H,3,11H2,1-2H3,(H,19,20). The van der Waals surface area contributed by atoms with Gasteiger partial charge in [-0.05, 0) is 61.9 Å². The molecule has 0 radical (unpaired) electrons. The topological polar surface area (TPSA) is 47.6 Å². The lowest BCUT2D eigenvalue weighted by molar-refractivity contribution is -0.118. The van der Waals surface area contributed by atoms with Gasteiger partial charge < -0.3 is 14.8 Å². The number of ether oxygens (including phenoxy) is 2. The van der Waals surface area contributed by atoms with Crippen molar-refractivity contribution >= 4 is 27.5 Å². The highest BCUT2D eigenvalue weighted by Crippen LogP contribution is 2.22. The highest BCUT2D eigenvalue weighted by atomic mass is 79.9. The summed E-state index contributed by atoms with van der Waals surface area (Å²) in [5.41, 5.74) is 1.69. The lowest BCUT2D eigenvalue weighted by atomic mass is 10.2. The first kappa shape index (κ1) is 16.4. The number of nitrogens with one attached hydrogen (secondary N) is 1. The predicted octanol–water partition coefficient (Wildman–Crippen LogP) is 4.17. The van der Waals surface area contributed by atoms with Gasteiger partial charge in [-0.3, -0.25) is 4.79 Å². The average molecular weight is 364 g/mol. The van der Waals surface area contributed by atoms with E-state index in [9.17, 15) is 4.79 Å². The third kappa shape index (κ3) is 4.77. The maximum Gasteiger partial charge on any atom is 0.262 e. The van der Waals surface area contributed by atoms with Crippen molar-refractivity contribution in [2.45, 2.75) is 13.8 Å². The highest BCUT2D eigenvalue weighted by molar-refractivity contribution is 9.10. The van der Waals surface area contributed by atoms with Crippen molar-refractivity contribution in [3.05, 3.63) is 52.5 Å². The van der Waals surface area contributed by atoms with Crippen molar-refractivity contribution in [3.8, 4) is 11.5 Å². The van der Waals surface area contributed by atoms with Gasteiger partial charge in [0.15, 0.2) is 6.61 Å². The molecule has 0 saturated carbocycles. The summed E-state index contributed by atoms with van der Waals surface area (Å²) >= 11 is 3.39. The maximum absolute atomic E-state index is 11.9. The molecule has 4 nitrogen and oxygen atoms in total. The third-order valence-corrected chi connectivity index (χ3v) is 3.44. The second-order valence-corrected chi connectivity index (χ2v) is 5.62. The molecule has 0 aliphatic carbocycles. The number of rotatable bonds is 6. The zero-order valence-corrected chi connectivity index (χ0v) is 14.1. The van der Waals surface area contributed by atoms with Gasteiger partial charge >= 0.3 is 0 Å². The number of hydrogen-bond donors (Lipinski definition) is 1. The van der Waals surface area contributed by atoms with Crippen LogP contribution < -0.4 is 14.8 Å². The fourth-order valence-electron chi connectivity index (χ4n) is 1.92. The normalized spacial score (nSPS) is 10.1. The van der Waals surface area contributed by atoms with Crippen molar-refractivity contribution in [2.24, 2.45) is 0 Å². The minimum atomic E-state index is -0.202. The fraction of sp³-hybridized carbons (Fsp3) is 0.235. The van der Waals surface area contributed by atoms with Crippen molar-refractivity contribution in [1.82, 2.24) is 0 Å². The number of carbonyl (C=O) groups excluding carboxylic acids is 1. The summed E-state index contributed by atoms with van der Waals surface area (Å²) < 4.78 is 11.9. The number of aryl methyl sites for hydroxylation is 1. The molecule has 0 aliphatic rings. The molecule has 0 atom stereocenters. The Balaban J connectivity index is 1.87. The third-order valence-electron chi connectivity index (χ3n) is 2.94. The van der Waals surface area contributed by atoms with Gasteiger partial charge in [0, 0.05) is 10.2 Å². The summed E-state index contributed by atoms with van der Waals surface area (Å²) in [6, 6.07) is 12.9. The van der Waals surface area contributed by atoms with Crippen LogP contribution in [0.4, 0.5) is 5.69 Å². The Bertz CT molecular complexity index is 641. The van der Waals surface area contributed by atoms with Gasteiger partial charge in [0.25, 0.3) is 5.91 Å². The van der Waals surface area contributed by atoms with Crippen LogP contribution in [0.3, 0.4) is 0 Å². The molecule has 2 rings (SSSR count). The number of anilines is 1. The van der Waals surface area contributed by atoms with Gasteiger partial charge in [-0.25, -0.2) is 0 Å². The molecule has 1 amide bonds. The molecule has 0 spiro atoms. The molecule has 2 aromatic rings. The van der Waals surface area contributed by atoms with E-state index in [4.69, 9.17) is 9.47 Å². The Morgan fingerprint density at radius 2 is 1.86 bits per heavy atom. The molecule has 1 N–H and O–H groups in total. The van der Waals surface area contributed by atoms with E-state index in [1.165, 1.54) is 0 Å². The van der Waals surface area contributed by atoms with Crippen LogP contribution in [0, 0.1) is 6.92 Å². The lowest BCUT2D eigenvalue weighted by Crippen LogP contribution is -2.20. The summed E-state index contributed by atoms with van der Waals surface area (Å²) in [5, 5.41) is 2.78. The van der Waals surface area contributed by atoms with E-state index in [0.717, 1.165) is 15.8 Å². The first-order valence-corrected chi connectivity index (χ1v) is 7.79. The lowest BCUT2D eigenvalue weighted by Gasteiger charge is -2.10. The van der Waals surface area contributed by atoms with Crippen molar-refractivity contribution in [3.63, 3.8) is 0 Å². The molecule has 0 saturated heterocycles. The van der Waals surface area contributed by atoms with Crippen LogP contribution in [-0.4, -0.2) is 19.1 Å². The van der Waals surface area contributed by atoms with E-state index in [1.54, 1.807) is 12.1 Å². The van der Waals surface area contributed by atoms with Gasteiger partial charge in [-0.1, -0.05) is 15.9 Å². The van der Waals surface area contributed by atoms with Crippen LogP contribution >= 0.6 is 15.9 Å². The SMILES string of the molecule is CCOc1ccc(NC(=O)COc2ccc(Br)cc2C)cc1. The molecule has 5 heteroatoms. The van der Waals surface area contributed by atoms with Gasteiger partial charge in [-0.2, -0.15) is 0 Å². The van der Waals surface area contributed by atoms with Crippen LogP contribution in [0.5, 0.6) is 11.5 Å². The Morgan fingerprint density at radius 3 is 2.50 bits per heavy atom. The molecule has 0 aliphatic heterocycles. The Hall–Kier alpha value is -2.01. The summed E-state index contributed by atoms with van der Waals surface area (Å²) in [5.74, 6) is 1.28. The molecule has 22 heavy (non-hydrogen) atoms. The predicted molar refractivity (Wildman–Crippen MR) is 90.6 cm³/mol. The molecule has 0 bridgehead atoms. The van der Waals surface area contributed by atoms with E-state index in [2.05, 4.69) is 21.2 Å². The molecular weight excluding hydrogens is 346 g/mol. The first-order chi connectivity index (χ1) is 10.6. The van der Waals surface area contributed by atoms with E-state index in [-0.39, 0.29) is 12.5 Å². The van der Waals surface area contributed by atoms with Crippen molar-refractivity contribution in [1.29, 1.82) is 0 Å². The fourth-order valence-corrected chi connectivity index (χ4v) is 2.39. The molecule has 2 aromatic carbocycles. The highest BCUT2D eigenvalue weighted by Gasteiger charge is 2.06. The Labute approximate surface area is 138 Å². The smallest absolute Gasteiger partial charge is 0.262 e. The average Bonchev–Trinajstić information content (AvgIpc) is 2.49. The monoisotopic (exact) mass is 363 g/mol. The largest absolute Gasteiger partial charge is 0.494 e. The maximum atomic E-state index is 11.9. The Morgan fingerprint density at radius 1 is 1.14 bits per heavy atom. The number of amides is 1. The number of carbonyl (C=O) groups is 1. The van der Waals surface area contributed by atoms with E-state index in [1.807, 2.05) is 44.2 Å². The van der Waals surface area contributed by atoms with Crippen molar-refractivity contribution < 1.29 is 14.3 Å². The zero-order chi connectivity index (χ0) is 15.9. The van der Waals surface area contributed by atoms with Crippen LogP contribution in [0.1, 0.15) is 12.5 Å². The van der Waals surface area contributed by atoms with E-state index < -0.39 is 0 Å². The van der Waals surface area contributed by atoms with Crippen LogP contribution in [0.15, 0.2) is 46.9 Å². The minimum Gasteiger partial charge on any atom is -0.494 e. The number of hydrogen-bond acceptors (Lipinski definition) is 3. The van der Waals surface area contributed by atoms with Gasteiger partial charge in [0.2, 0.25) is 0 Å². The van der Waals surface area contributed by atoms with Gasteiger partial charge in [0.05, 0.1) is 6.61 Å². The minimum absolute atomic E-state index is 0.0321. The summed E-state index contributed by atoms with van der Waals surface area (Å²) in [7, 11) is 0. The molecule has 116 valence electrons. The quantitative estimate of drug-likeness (QED) is 0.837.